The van der Waals surface area contributed by atoms with Crippen molar-refractivity contribution >= 4 is 17.5 Å². The average molecular weight is 735 g/mol. The Hall–Kier alpha value is -3.89. The molecule has 1 aromatic heterocycles. The van der Waals surface area contributed by atoms with Gasteiger partial charge in [0.05, 0.1) is 35.4 Å². The summed E-state index contributed by atoms with van der Waals surface area (Å²) >= 11 is 0. The minimum Gasteiger partial charge on any atom is -0.390 e. The molecule has 280 valence electrons. The predicted octanol–water partition coefficient (Wildman–Crippen LogP) is 8.50. The highest BCUT2D eigenvalue weighted by Gasteiger charge is 2.44. The molecule has 2 atom stereocenters. The molecule has 0 radical (unpaired) electrons. The van der Waals surface area contributed by atoms with Crippen LogP contribution in [-0.4, -0.2) is 42.9 Å². The van der Waals surface area contributed by atoms with E-state index in [1.54, 1.807) is 20.8 Å². The maximum atomic E-state index is 14.3. The second-order valence-corrected chi connectivity index (χ2v) is 14.1. The first-order valence-electron chi connectivity index (χ1n) is 16.6. The highest BCUT2D eigenvalue weighted by atomic mass is 19.4. The molecule has 1 aliphatic heterocycles. The van der Waals surface area contributed by atoms with Crippen LogP contribution < -0.4 is 9.80 Å². The molecule has 51 heavy (non-hydrogen) atoms. The standard InChI is InChI=1S/C34H39F9N6O2/c1-5-25-16-28(48(30-44-46-47(4)45-30)18-20-12-23(33(38,39)40)14-24(13-20)34(41,42)43)26-15-22(32(35,36)37)10-11-27(26)49(25)29(50)21-8-6-19(7-9-21)17-31(2,3)51/h10-15,19,21,25,28,51H,5-9,16-18H2,1-4H3. The van der Waals surface area contributed by atoms with Crippen molar-refractivity contribution in [3.63, 3.8) is 0 Å². The Morgan fingerprint density at radius 2 is 1.47 bits per heavy atom. The van der Waals surface area contributed by atoms with Crippen molar-refractivity contribution in [3.8, 4) is 0 Å². The summed E-state index contributed by atoms with van der Waals surface area (Å²) in [6, 6.07) is 2.28. The number of carbonyl (C=O) groups excluding carboxylic acids is 1. The first kappa shape index (κ1) is 38.3. The molecule has 17 heteroatoms. The number of alkyl halides is 9. The fourth-order valence-corrected chi connectivity index (χ4v) is 7.38. The van der Waals surface area contributed by atoms with Gasteiger partial charge >= 0.3 is 18.5 Å². The summed E-state index contributed by atoms with van der Waals surface area (Å²) in [6.07, 6.45) is -11.8. The molecule has 8 nitrogen and oxygen atoms in total. The summed E-state index contributed by atoms with van der Waals surface area (Å²) < 4.78 is 125. The summed E-state index contributed by atoms with van der Waals surface area (Å²) in [6.45, 7) is 4.56. The van der Waals surface area contributed by atoms with Crippen molar-refractivity contribution in [2.45, 2.75) is 108 Å². The number of nitrogens with zero attached hydrogens (tertiary/aromatic N) is 6. The highest BCUT2D eigenvalue weighted by Crippen LogP contribution is 2.47. The zero-order valence-electron chi connectivity index (χ0n) is 28.4. The van der Waals surface area contributed by atoms with Gasteiger partial charge < -0.3 is 14.9 Å². The first-order valence-corrected chi connectivity index (χ1v) is 16.6. The third-order valence-electron chi connectivity index (χ3n) is 9.66. The van der Waals surface area contributed by atoms with Gasteiger partial charge in [-0.15, -0.1) is 5.10 Å². The Kier molecular flexibility index (Phi) is 10.5. The van der Waals surface area contributed by atoms with E-state index in [0.717, 1.165) is 16.9 Å². The second-order valence-electron chi connectivity index (χ2n) is 14.1. The predicted molar refractivity (Wildman–Crippen MR) is 168 cm³/mol. The number of carbonyl (C=O) groups is 1. The molecule has 0 spiro atoms. The lowest BCUT2D eigenvalue weighted by molar-refractivity contribution is -0.143. The van der Waals surface area contributed by atoms with E-state index >= 15 is 0 Å². The van der Waals surface area contributed by atoms with E-state index in [1.165, 1.54) is 22.9 Å². The number of benzene rings is 2. The maximum absolute atomic E-state index is 14.3. The van der Waals surface area contributed by atoms with Crippen molar-refractivity contribution in [2.75, 3.05) is 9.80 Å². The van der Waals surface area contributed by atoms with Crippen LogP contribution in [0.2, 0.25) is 0 Å². The number of anilines is 2. The van der Waals surface area contributed by atoms with E-state index < -0.39 is 70.9 Å². The Labute approximate surface area is 288 Å². The van der Waals surface area contributed by atoms with E-state index in [2.05, 4.69) is 15.4 Å². The molecular weight excluding hydrogens is 695 g/mol. The van der Waals surface area contributed by atoms with E-state index in [-0.39, 0.29) is 41.5 Å². The monoisotopic (exact) mass is 734 g/mol. The molecule has 0 saturated heterocycles. The molecule has 2 heterocycles. The minimum absolute atomic E-state index is 0.00528. The van der Waals surface area contributed by atoms with Crippen molar-refractivity contribution in [3.05, 3.63) is 64.2 Å². The number of aromatic nitrogens is 4. The molecule has 1 N–H and O–H groups in total. The number of rotatable bonds is 8. The molecule has 2 aliphatic rings. The lowest BCUT2D eigenvalue weighted by Gasteiger charge is -2.46. The van der Waals surface area contributed by atoms with E-state index in [9.17, 15) is 49.4 Å². The average Bonchev–Trinajstić information content (AvgIpc) is 3.46. The fourth-order valence-electron chi connectivity index (χ4n) is 7.38. The van der Waals surface area contributed by atoms with Crippen molar-refractivity contribution in [1.29, 1.82) is 0 Å². The molecule has 3 aromatic rings. The van der Waals surface area contributed by atoms with Gasteiger partial charge in [0.1, 0.15) is 0 Å². The summed E-state index contributed by atoms with van der Waals surface area (Å²) in [5.74, 6) is -0.755. The molecule has 0 bridgehead atoms. The zero-order valence-corrected chi connectivity index (χ0v) is 28.4. The quantitative estimate of drug-likeness (QED) is 0.234. The number of hydrogen-bond donors (Lipinski definition) is 1. The van der Waals surface area contributed by atoms with Gasteiger partial charge in [0.2, 0.25) is 5.91 Å². The van der Waals surface area contributed by atoms with Gasteiger partial charge in [-0.05, 0) is 117 Å². The van der Waals surface area contributed by atoms with Gasteiger partial charge in [-0.1, -0.05) is 12.0 Å². The van der Waals surface area contributed by atoms with E-state index in [4.69, 9.17) is 0 Å². The Morgan fingerprint density at radius 1 is 0.882 bits per heavy atom. The molecular formula is C34H39F9N6O2. The van der Waals surface area contributed by atoms with Crippen molar-refractivity contribution in [2.24, 2.45) is 18.9 Å². The number of aryl methyl sites for hydroxylation is 1. The number of aliphatic hydroxyl groups is 1. The van der Waals surface area contributed by atoms with Crippen LogP contribution in [0.3, 0.4) is 0 Å². The zero-order chi connectivity index (χ0) is 37.7. The van der Waals surface area contributed by atoms with Crippen LogP contribution in [0.4, 0.5) is 51.1 Å². The topological polar surface area (TPSA) is 87.4 Å². The third-order valence-corrected chi connectivity index (χ3v) is 9.66. The maximum Gasteiger partial charge on any atom is 0.416 e. The molecule has 1 fully saturated rings. The van der Waals surface area contributed by atoms with E-state index in [0.29, 0.717) is 50.7 Å². The Balaban J connectivity index is 1.60. The number of halogens is 9. The van der Waals surface area contributed by atoms with Crippen LogP contribution in [0.5, 0.6) is 0 Å². The van der Waals surface area contributed by atoms with Crippen LogP contribution in [0.25, 0.3) is 0 Å². The number of amides is 1. The Bertz CT molecular complexity index is 1670. The summed E-state index contributed by atoms with van der Waals surface area (Å²) in [7, 11) is 1.38. The van der Waals surface area contributed by atoms with Gasteiger partial charge in [0.25, 0.3) is 5.95 Å². The number of hydrogen-bond acceptors (Lipinski definition) is 6. The third kappa shape index (κ3) is 8.78. The molecule has 1 aliphatic carbocycles. The number of tetrazole rings is 1. The van der Waals surface area contributed by atoms with Gasteiger partial charge in [0.15, 0.2) is 0 Å². The number of fused-ring (bicyclic) bond motifs is 1. The largest absolute Gasteiger partial charge is 0.416 e. The lowest BCUT2D eigenvalue weighted by atomic mass is 9.76. The first-order chi connectivity index (χ1) is 23.5. The summed E-state index contributed by atoms with van der Waals surface area (Å²) in [5, 5.41) is 22.1. The van der Waals surface area contributed by atoms with Gasteiger partial charge in [-0.25, -0.2) is 0 Å². The summed E-state index contributed by atoms with van der Waals surface area (Å²) in [5.41, 5.74) is -5.32. The minimum atomic E-state index is -5.13. The lowest BCUT2D eigenvalue weighted by Crippen LogP contribution is -2.50. The van der Waals surface area contributed by atoms with Crippen LogP contribution in [0, 0.1) is 11.8 Å². The molecule has 2 unspecified atom stereocenters. The van der Waals surface area contributed by atoms with Crippen LogP contribution in [0.15, 0.2) is 36.4 Å². The van der Waals surface area contributed by atoms with Crippen molar-refractivity contribution in [1.82, 2.24) is 20.2 Å². The van der Waals surface area contributed by atoms with Crippen LogP contribution in [0.1, 0.15) is 99.6 Å². The van der Waals surface area contributed by atoms with Gasteiger partial charge in [0, 0.05) is 24.2 Å². The van der Waals surface area contributed by atoms with Crippen LogP contribution in [-0.2, 0) is 36.9 Å². The normalized spacial score (nSPS) is 21.8. The Morgan fingerprint density at radius 3 is 1.96 bits per heavy atom. The van der Waals surface area contributed by atoms with Gasteiger partial charge in [-0.2, -0.15) is 44.3 Å². The van der Waals surface area contributed by atoms with Crippen molar-refractivity contribution < 1.29 is 49.4 Å². The molecule has 2 aromatic carbocycles. The smallest absolute Gasteiger partial charge is 0.390 e. The fraction of sp³-hybridized carbons (Fsp3) is 0.588. The SMILES string of the molecule is CCC1CC(N(Cc2cc(C(F)(F)F)cc(C(F)(F)F)c2)c2nnn(C)n2)c2cc(C(F)(F)F)ccc2N1C(=O)C1CCC(CC(C)(C)O)CC1. The summed E-state index contributed by atoms with van der Waals surface area (Å²) in [4.78, 5) is 18.0. The van der Waals surface area contributed by atoms with E-state index in [1.807, 2.05) is 0 Å². The van der Waals surface area contributed by atoms with Gasteiger partial charge in [-0.3, -0.25) is 4.79 Å². The molecule has 5 rings (SSSR count). The van der Waals surface area contributed by atoms with Crippen LogP contribution >= 0.6 is 0 Å². The second kappa shape index (κ2) is 13.9. The molecule has 1 amide bonds. The highest BCUT2D eigenvalue weighted by molar-refractivity contribution is 5.97. The molecule has 1 saturated carbocycles.